The van der Waals surface area contributed by atoms with E-state index in [0.717, 1.165) is 66.1 Å². The molecule has 4 heterocycles. The van der Waals surface area contributed by atoms with Gasteiger partial charge in [0.1, 0.15) is 54.0 Å². The Kier molecular flexibility index (Phi) is 28.7. The third-order valence-electron chi connectivity index (χ3n) is 24.3. The number of nitrogens with one attached hydrogen (secondary N) is 3. The molecular formula is C74H118F4N12O13. The van der Waals surface area contributed by atoms with Gasteiger partial charge in [0.05, 0.1) is 57.3 Å². The molecule has 8 rings (SSSR count). The number of morpholine rings is 1. The first kappa shape index (κ1) is 82.0. The van der Waals surface area contributed by atoms with E-state index in [-0.39, 0.29) is 95.0 Å². The van der Waals surface area contributed by atoms with Crippen molar-refractivity contribution in [1.29, 1.82) is 0 Å². The lowest BCUT2D eigenvalue weighted by Crippen LogP contribution is -2.65. The Morgan fingerprint density at radius 3 is 1.80 bits per heavy atom. The third-order valence-corrected chi connectivity index (χ3v) is 24.3. The topological polar surface area (TPSA) is 279 Å². The molecule has 580 valence electrons. The summed E-state index contributed by atoms with van der Waals surface area (Å²) in [5, 5.41) is 8.79. The van der Waals surface area contributed by atoms with Crippen LogP contribution in [0.2, 0.25) is 0 Å². The van der Waals surface area contributed by atoms with Gasteiger partial charge in [-0.15, -0.1) is 0 Å². The average molecular weight is 1460 g/mol. The highest BCUT2D eigenvalue weighted by molar-refractivity contribution is 6.01. The first-order chi connectivity index (χ1) is 48.7. The molecule has 4 aliphatic carbocycles. The lowest BCUT2D eigenvalue weighted by atomic mass is 9.78. The number of rotatable bonds is 11. The smallest absolute Gasteiger partial charge is 0.377 e. The standard InChI is InChI=1S/C74H118F4N12O13/c1-12-46(4)63-70(100)84(7)41-61(93)82(5)42-62(94)86(9)57(38-47-22-15-13-16-23-47)68(98)83(6)40-59(91)79-54(32-28-48-27-31-52(53(75)37-48)74(76,77)78)67(97)89-35-21-26-55(89)66(96)81-73(33-19-20-34-73)72(102)88(11)64(49-24-17-14-18-25-49)71(101)87(10)58(69(99)90-50-29-30-51(90)44-103-43-50)39-60(92)85(8)56(36-45(2)3)65(95)80-63/h45-58,63-64H,12-44H2,1-11H3,(H,79,91)(H,80,95)(H,81,96)/t46-,48?,50?,51?,52?,53?,54-,55-,56-,57-,58-,63-,64-/m0/s1. The Balaban J connectivity index is 1.17. The van der Waals surface area contributed by atoms with Crippen molar-refractivity contribution in [2.24, 2.45) is 35.5 Å². The van der Waals surface area contributed by atoms with Gasteiger partial charge in [0.15, 0.2) is 0 Å². The highest BCUT2D eigenvalue weighted by atomic mass is 19.4. The van der Waals surface area contributed by atoms with Crippen molar-refractivity contribution < 1.29 is 79.8 Å². The Labute approximate surface area is 606 Å². The van der Waals surface area contributed by atoms with E-state index in [2.05, 4.69) is 16.0 Å². The highest BCUT2D eigenvalue weighted by Crippen LogP contribution is 2.44. The molecule has 25 nitrogen and oxygen atoms in total. The summed E-state index contributed by atoms with van der Waals surface area (Å²) in [4.78, 5) is 192. The van der Waals surface area contributed by atoms with Crippen LogP contribution in [0, 0.1) is 35.5 Å². The summed E-state index contributed by atoms with van der Waals surface area (Å²) in [5.74, 6) is -11.6. The molecule has 8 fully saturated rings. The number of amides is 12. The molecule has 3 N–H and O–H groups in total. The van der Waals surface area contributed by atoms with Gasteiger partial charge in [0, 0.05) is 55.9 Å². The largest absolute Gasteiger partial charge is 0.394 e. The number of hydrogen-bond donors (Lipinski definition) is 3. The number of fused-ring (bicyclic) bond motifs is 3. The Hall–Kier alpha value is -6.68. The van der Waals surface area contributed by atoms with Crippen LogP contribution in [0.15, 0.2) is 0 Å². The zero-order valence-corrected chi connectivity index (χ0v) is 62.9. The molecule has 8 aliphatic rings. The monoisotopic (exact) mass is 1460 g/mol. The van der Waals surface area contributed by atoms with E-state index in [1.54, 1.807) is 11.8 Å². The number of likely N-dealkylation sites (N-methyl/N-ethyl adjacent to an activating group) is 7. The predicted molar refractivity (Wildman–Crippen MR) is 374 cm³/mol. The molecule has 4 aliphatic heterocycles. The van der Waals surface area contributed by atoms with Crippen molar-refractivity contribution >= 4 is 70.9 Å². The number of nitrogens with zero attached hydrogens (tertiary/aromatic N) is 9. The van der Waals surface area contributed by atoms with E-state index in [1.165, 1.54) is 73.8 Å². The average Bonchev–Trinajstić information content (AvgIpc) is 1.76. The van der Waals surface area contributed by atoms with Crippen molar-refractivity contribution in [3.8, 4) is 0 Å². The summed E-state index contributed by atoms with van der Waals surface area (Å²) in [6.07, 6.45) is 2.94. The fraction of sp³-hybridized carbons (Fsp3) is 0.838. The van der Waals surface area contributed by atoms with E-state index in [4.69, 9.17) is 4.74 Å². The summed E-state index contributed by atoms with van der Waals surface area (Å²) >= 11 is 0. The van der Waals surface area contributed by atoms with Crippen LogP contribution in [0.4, 0.5) is 17.6 Å². The summed E-state index contributed by atoms with van der Waals surface area (Å²) in [7, 11) is 10.0. The van der Waals surface area contributed by atoms with Crippen LogP contribution in [-0.4, -0.2) is 276 Å². The second-order valence-electron chi connectivity index (χ2n) is 32.0. The van der Waals surface area contributed by atoms with E-state index < -0.39 is 194 Å². The number of alkyl halides is 4. The zero-order valence-electron chi connectivity index (χ0n) is 62.9. The number of ether oxygens (including phenoxy) is 1. The maximum Gasteiger partial charge on any atom is 0.394 e. The Morgan fingerprint density at radius 2 is 1.19 bits per heavy atom. The second-order valence-corrected chi connectivity index (χ2v) is 32.0. The van der Waals surface area contributed by atoms with Crippen molar-refractivity contribution in [3.05, 3.63) is 0 Å². The second kappa shape index (κ2) is 36.1. The van der Waals surface area contributed by atoms with Crippen LogP contribution in [-0.2, 0) is 62.3 Å². The summed E-state index contributed by atoms with van der Waals surface area (Å²) in [5.41, 5.74) is -1.59. The molecule has 0 aromatic carbocycles. The minimum atomic E-state index is -4.75. The fourth-order valence-electron chi connectivity index (χ4n) is 17.7. The third kappa shape index (κ3) is 19.9. The maximum atomic E-state index is 16.0. The molecule has 0 aromatic heterocycles. The van der Waals surface area contributed by atoms with E-state index in [0.29, 0.717) is 51.4 Å². The molecule has 103 heavy (non-hydrogen) atoms. The van der Waals surface area contributed by atoms with Gasteiger partial charge in [-0.05, 0) is 126 Å². The van der Waals surface area contributed by atoms with Crippen LogP contribution >= 0.6 is 0 Å². The van der Waals surface area contributed by atoms with Crippen molar-refractivity contribution in [2.75, 3.05) is 88.7 Å². The van der Waals surface area contributed by atoms with E-state index in [9.17, 15) is 41.9 Å². The Bertz CT molecular complexity index is 3020. The molecule has 1 spiro atoms. The maximum absolute atomic E-state index is 16.0. The summed E-state index contributed by atoms with van der Waals surface area (Å²) in [6.45, 7) is 6.16. The molecular weight excluding hydrogens is 1340 g/mol. The molecule has 0 aromatic rings. The van der Waals surface area contributed by atoms with E-state index >= 15 is 33.2 Å². The summed E-state index contributed by atoms with van der Waals surface area (Å²) in [6, 6.07) is -9.51. The van der Waals surface area contributed by atoms with E-state index in [1.807, 2.05) is 20.8 Å². The van der Waals surface area contributed by atoms with Gasteiger partial charge in [-0.3, -0.25) is 57.5 Å². The molecule has 29 heteroatoms. The number of halogens is 4. The van der Waals surface area contributed by atoms with Crippen LogP contribution < -0.4 is 16.0 Å². The first-order valence-electron chi connectivity index (χ1n) is 38.3. The zero-order chi connectivity index (χ0) is 75.5. The van der Waals surface area contributed by atoms with Crippen molar-refractivity contribution in [1.82, 2.24) is 60.0 Å². The van der Waals surface area contributed by atoms with Gasteiger partial charge in [-0.25, -0.2) is 4.39 Å². The van der Waals surface area contributed by atoms with Crippen LogP contribution in [0.3, 0.4) is 0 Å². The van der Waals surface area contributed by atoms with Crippen molar-refractivity contribution in [3.63, 3.8) is 0 Å². The molecule has 0 radical (unpaired) electrons. The van der Waals surface area contributed by atoms with Gasteiger partial charge in [0.2, 0.25) is 70.9 Å². The molecule has 4 saturated heterocycles. The van der Waals surface area contributed by atoms with Crippen LogP contribution in [0.1, 0.15) is 201 Å². The SMILES string of the molecule is CC[C@H](C)[C@@H]1NC(=O)[C@H](CC(C)C)N(C)C(=O)C[C@@H](C(=O)N2C3CCC2COC3)N(C)C(=O)[C@H](C2CCCCC2)N(C)C(=O)C2(CCCC2)NC(=O)[C@@H]2CCCN2C(=O)[C@H](CCC2CCC(C(F)(F)F)C(F)C2)NC(=O)CN(C)C(=O)[C@H](CC2CCCCC2)N(C)C(=O)CN(C)C(=O)CN(C)C1=O. The van der Waals surface area contributed by atoms with Crippen molar-refractivity contribution in [2.45, 2.75) is 273 Å². The number of hydrogen-bond acceptors (Lipinski definition) is 13. The van der Waals surface area contributed by atoms with Gasteiger partial charge >= 0.3 is 6.18 Å². The molecule has 2 bridgehead atoms. The minimum absolute atomic E-state index is 0.00131. The van der Waals surface area contributed by atoms with Gasteiger partial charge in [-0.1, -0.05) is 98.3 Å². The normalized spacial score (nSPS) is 31.5. The van der Waals surface area contributed by atoms with Gasteiger partial charge < -0.3 is 64.8 Å². The molecule has 5 unspecified atom stereocenters. The lowest BCUT2D eigenvalue weighted by molar-refractivity contribution is -0.201. The van der Waals surface area contributed by atoms with Crippen LogP contribution in [0.25, 0.3) is 0 Å². The fourth-order valence-corrected chi connectivity index (χ4v) is 17.7. The molecule has 12 amide bonds. The Morgan fingerprint density at radius 1 is 0.592 bits per heavy atom. The lowest BCUT2D eigenvalue weighted by Gasteiger charge is -2.44. The predicted octanol–water partition coefficient (Wildman–Crippen LogP) is 5.59. The number of carbonyl (C=O) groups excluding carboxylic acids is 12. The first-order valence-corrected chi connectivity index (χ1v) is 38.3. The minimum Gasteiger partial charge on any atom is -0.377 e. The molecule has 13 atom stereocenters. The highest BCUT2D eigenvalue weighted by Gasteiger charge is 2.53. The van der Waals surface area contributed by atoms with Crippen LogP contribution in [0.5, 0.6) is 0 Å². The number of carbonyl (C=O) groups is 12. The molecule has 4 saturated carbocycles. The quantitative estimate of drug-likeness (QED) is 0.213. The summed E-state index contributed by atoms with van der Waals surface area (Å²) < 4.78 is 62.9. The van der Waals surface area contributed by atoms with Gasteiger partial charge in [0.25, 0.3) is 0 Å². The van der Waals surface area contributed by atoms with Gasteiger partial charge in [-0.2, -0.15) is 13.2 Å².